The molecule has 0 aliphatic carbocycles. The number of hydrogen-bond donors (Lipinski definition) is 0. The fraction of sp³-hybridized carbons (Fsp3) is 0.857. The molecule has 0 saturated carbocycles. The zero-order valence-corrected chi connectivity index (χ0v) is 6.94. The molecule has 0 N–H and O–H groups in total. The van der Waals surface area contributed by atoms with E-state index in [2.05, 4.69) is 4.74 Å². The standard InChI is InChI=1S/C7H11F3O2/c1-3-12-6(11)5(2)4-7(8,9)10/h5H,3-4H2,1-2H3/t5-/m0/s1. The molecule has 0 fully saturated rings. The van der Waals surface area contributed by atoms with E-state index in [1.54, 1.807) is 6.92 Å². The highest BCUT2D eigenvalue weighted by Gasteiger charge is 2.33. The third kappa shape index (κ3) is 4.98. The van der Waals surface area contributed by atoms with Crippen molar-refractivity contribution in [3.05, 3.63) is 0 Å². The zero-order chi connectivity index (χ0) is 9.78. The maximum absolute atomic E-state index is 11.7. The minimum absolute atomic E-state index is 0.112. The van der Waals surface area contributed by atoms with Gasteiger partial charge in [0.25, 0.3) is 0 Å². The van der Waals surface area contributed by atoms with Gasteiger partial charge in [-0.2, -0.15) is 13.2 Å². The smallest absolute Gasteiger partial charge is 0.389 e. The molecular formula is C7H11F3O2. The molecule has 0 spiro atoms. The van der Waals surface area contributed by atoms with Gasteiger partial charge in [-0.3, -0.25) is 4.79 Å². The maximum atomic E-state index is 11.7. The van der Waals surface area contributed by atoms with E-state index in [0.717, 1.165) is 0 Å². The lowest BCUT2D eigenvalue weighted by Crippen LogP contribution is -2.21. The predicted molar refractivity (Wildman–Crippen MR) is 36.5 cm³/mol. The van der Waals surface area contributed by atoms with Gasteiger partial charge >= 0.3 is 12.1 Å². The van der Waals surface area contributed by atoms with Crippen LogP contribution in [0.4, 0.5) is 13.2 Å². The summed E-state index contributed by atoms with van der Waals surface area (Å²) in [4.78, 5) is 10.7. The Balaban J connectivity index is 3.87. The largest absolute Gasteiger partial charge is 0.466 e. The molecule has 0 aliphatic heterocycles. The summed E-state index contributed by atoms with van der Waals surface area (Å²) in [6.07, 6.45) is -5.42. The van der Waals surface area contributed by atoms with Gasteiger partial charge < -0.3 is 4.74 Å². The molecule has 72 valence electrons. The number of alkyl halides is 3. The highest BCUT2D eigenvalue weighted by atomic mass is 19.4. The highest BCUT2D eigenvalue weighted by Crippen LogP contribution is 2.24. The van der Waals surface area contributed by atoms with Crippen molar-refractivity contribution in [2.45, 2.75) is 26.4 Å². The van der Waals surface area contributed by atoms with E-state index in [4.69, 9.17) is 0 Å². The van der Waals surface area contributed by atoms with Crippen LogP contribution < -0.4 is 0 Å². The molecule has 2 nitrogen and oxygen atoms in total. The quantitative estimate of drug-likeness (QED) is 0.628. The van der Waals surface area contributed by atoms with Gasteiger partial charge in [0.1, 0.15) is 0 Å². The molecule has 1 atom stereocenters. The topological polar surface area (TPSA) is 26.3 Å². The Morgan fingerprint density at radius 1 is 1.50 bits per heavy atom. The van der Waals surface area contributed by atoms with E-state index < -0.39 is 24.5 Å². The van der Waals surface area contributed by atoms with Crippen molar-refractivity contribution < 1.29 is 22.7 Å². The lowest BCUT2D eigenvalue weighted by molar-refractivity contribution is -0.166. The van der Waals surface area contributed by atoms with Crippen molar-refractivity contribution in [3.8, 4) is 0 Å². The molecule has 12 heavy (non-hydrogen) atoms. The average Bonchev–Trinajstić information content (AvgIpc) is 1.84. The van der Waals surface area contributed by atoms with Crippen molar-refractivity contribution in [1.82, 2.24) is 0 Å². The first kappa shape index (κ1) is 11.3. The van der Waals surface area contributed by atoms with Gasteiger partial charge in [0, 0.05) is 0 Å². The van der Waals surface area contributed by atoms with Crippen LogP contribution in [-0.2, 0) is 9.53 Å². The van der Waals surface area contributed by atoms with Crippen LogP contribution in [-0.4, -0.2) is 18.8 Å². The fourth-order valence-electron chi connectivity index (χ4n) is 0.715. The minimum atomic E-state index is -4.30. The molecule has 0 rings (SSSR count). The van der Waals surface area contributed by atoms with Crippen LogP contribution in [0.2, 0.25) is 0 Å². The Bertz CT molecular complexity index is 153. The van der Waals surface area contributed by atoms with Gasteiger partial charge in [0.05, 0.1) is 18.9 Å². The van der Waals surface area contributed by atoms with Crippen molar-refractivity contribution in [2.75, 3.05) is 6.61 Å². The van der Waals surface area contributed by atoms with Gasteiger partial charge in [-0.05, 0) is 6.92 Å². The molecule has 0 aromatic heterocycles. The second kappa shape index (κ2) is 4.33. The molecule has 0 aromatic rings. The molecule has 0 unspecified atom stereocenters. The number of hydrogen-bond acceptors (Lipinski definition) is 2. The molecular weight excluding hydrogens is 173 g/mol. The molecule has 0 aromatic carbocycles. The lowest BCUT2D eigenvalue weighted by atomic mass is 10.1. The second-order valence-corrected chi connectivity index (χ2v) is 2.47. The van der Waals surface area contributed by atoms with E-state index in [-0.39, 0.29) is 6.61 Å². The van der Waals surface area contributed by atoms with E-state index >= 15 is 0 Å². The summed E-state index contributed by atoms with van der Waals surface area (Å²) in [6, 6.07) is 0. The molecule has 0 amide bonds. The fourth-order valence-corrected chi connectivity index (χ4v) is 0.715. The van der Waals surface area contributed by atoms with E-state index in [1.807, 2.05) is 0 Å². The SMILES string of the molecule is CCOC(=O)[C@@H](C)CC(F)(F)F. The lowest BCUT2D eigenvalue weighted by Gasteiger charge is -2.12. The first-order valence-electron chi connectivity index (χ1n) is 3.60. The molecule has 0 bridgehead atoms. The van der Waals surface area contributed by atoms with Crippen LogP contribution in [0.1, 0.15) is 20.3 Å². The Morgan fingerprint density at radius 3 is 2.33 bits per heavy atom. The molecule has 0 radical (unpaired) electrons. The Kier molecular flexibility index (Phi) is 4.06. The number of halogens is 3. The molecule has 0 heterocycles. The molecule has 5 heteroatoms. The van der Waals surface area contributed by atoms with Crippen LogP contribution in [0, 0.1) is 5.92 Å². The van der Waals surface area contributed by atoms with Gasteiger partial charge in [0.2, 0.25) is 0 Å². The summed E-state index contributed by atoms with van der Waals surface area (Å²) in [5.74, 6) is -1.90. The van der Waals surface area contributed by atoms with Gasteiger partial charge in [-0.25, -0.2) is 0 Å². The normalized spacial score (nSPS) is 14.1. The number of esters is 1. The van der Waals surface area contributed by atoms with E-state index in [0.29, 0.717) is 0 Å². The summed E-state index contributed by atoms with van der Waals surface area (Å²) in [7, 11) is 0. The highest BCUT2D eigenvalue weighted by molar-refractivity contribution is 5.71. The predicted octanol–water partition coefficient (Wildman–Crippen LogP) is 2.14. The van der Waals surface area contributed by atoms with Crippen molar-refractivity contribution >= 4 is 5.97 Å². The van der Waals surface area contributed by atoms with Crippen LogP contribution >= 0.6 is 0 Å². The van der Waals surface area contributed by atoms with Crippen LogP contribution in [0.15, 0.2) is 0 Å². The van der Waals surface area contributed by atoms with Crippen molar-refractivity contribution in [2.24, 2.45) is 5.92 Å². The van der Waals surface area contributed by atoms with E-state index in [9.17, 15) is 18.0 Å². The van der Waals surface area contributed by atoms with Gasteiger partial charge in [-0.1, -0.05) is 6.92 Å². The summed E-state index contributed by atoms with van der Waals surface area (Å²) in [5.41, 5.74) is 0. The number of carbonyl (C=O) groups excluding carboxylic acids is 1. The maximum Gasteiger partial charge on any atom is 0.389 e. The summed E-state index contributed by atoms with van der Waals surface area (Å²) in [5, 5.41) is 0. The first-order chi connectivity index (χ1) is 5.37. The Hall–Kier alpha value is -0.740. The third-order valence-electron chi connectivity index (χ3n) is 1.23. The first-order valence-corrected chi connectivity index (χ1v) is 3.60. The summed E-state index contributed by atoms with van der Waals surface area (Å²) in [6.45, 7) is 2.87. The van der Waals surface area contributed by atoms with E-state index in [1.165, 1.54) is 6.92 Å². The minimum Gasteiger partial charge on any atom is -0.466 e. The zero-order valence-electron chi connectivity index (χ0n) is 6.94. The Labute approximate surface area is 68.7 Å². The second-order valence-electron chi connectivity index (χ2n) is 2.47. The Morgan fingerprint density at radius 2 is 2.00 bits per heavy atom. The summed E-state index contributed by atoms with van der Waals surface area (Å²) >= 11 is 0. The van der Waals surface area contributed by atoms with Crippen LogP contribution in [0.3, 0.4) is 0 Å². The summed E-state index contributed by atoms with van der Waals surface area (Å²) < 4.78 is 39.5. The van der Waals surface area contributed by atoms with Gasteiger partial charge in [-0.15, -0.1) is 0 Å². The van der Waals surface area contributed by atoms with Crippen LogP contribution in [0.5, 0.6) is 0 Å². The number of rotatable bonds is 3. The van der Waals surface area contributed by atoms with Gasteiger partial charge in [0.15, 0.2) is 0 Å². The van der Waals surface area contributed by atoms with Crippen LogP contribution in [0.25, 0.3) is 0 Å². The average molecular weight is 184 g/mol. The number of carbonyl (C=O) groups is 1. The molecule has 0 saturated heterocycles. The molecule has 0 aliphatic rings. The third-order valence-corrected chi connectivity index (χ3v) is 1.23. The number of ether oxygens (including phenoxy) is 1. The van der Waals surface area contributed by atoms with Crippen molar-refractivity contribution in [1.29, 1.82) is 0 Å². The monoisotopic (exact) mass is 184 g/mol. The van der Waals surface area contributed by atoms with Crippen molar-refractivity contribution in [3.63, 3.8) is 0 Å².